The first-order valence-electron chi connectivity index (χ1n) is 7.10. The lowest BCUT2D eigenvalue weighted by molar-refractivity contribution is -0.274. The molecule has 1 amide bonds. The fraction of sp³-hybridized carbons (Fsp3) is 0.133. The topological polar surface area (TPSA) is 104 Å². The van der Waals surface area contributed by atoms with E-state index in [1.165, 1.54) is 12.1 Å². The second-order valence-electron chi connectivity index (χ2n) is 4.99. The van der Waals surface area contributed by atoms with Crippen LogP contribution in [0.2, 0.25) is 15.2 Å². The summed E-state index contributed by atoms with van der Waals surface area (Å²) in [6, 6.07) is 4.33. The third-order valence-corrected chi connectivity index (χ3v) is 4.11. The highest BCUT2D eigenvalue weighted by Gasteiger charge is 2.31. The van der Waals surface area contributed by atoms with Crippen molar-refractivity contribution in [1.82, 2.24) is 4.98 Å². The lowest BCUT2D eigenvalue weighted by Crippen LogP contribution is -2.22. The molecular weight excluding hydrogens is 450 g/mol. The summed E-state index contributed by atoms with van der Waals surface area (Å²) in [5.74, 6) is -2.32. The van der Waals surface area contributed by atoms with Crippen LogP contribution >= 0.6 is 34.8 Å². The molecule has 0 bridgehead atoms. The molecule has 3 N–H and O–H groups in total. The molecule has 0 spiro atoms. The maximum absolute atomic E-state index is 12.1. The van der Waals surface area contributed by atoms with Crippen molar-refractivity contribution in [3.8, 4) is 5.75 Å². The zero-order chi connectivity index (χ0) is 21.1. The number of hydrogen-bond donors (Lipinski definition) is 2. The Morgan fingerprint density at radius 1 is 1.11 bits per heavy atom. The summed E-state index contributed by atoms with van der Waals surface area (Å²) in [5.41, 5.74) is 5.10. The number of rotatable bonds is 5. The minimum absolute atomic E-state index is 0.140. The van der Waals surface area contributed by atoms with Crippen LogP contribution in [0.25, 0.3) is 0 Å². The van der Waals surface area contributed by atoms with E-state index in [9.17, 15) is 22.8 Å². The number of benzene rings is 1. The van der Waals surface area contributed by atoms with Crippen LogP contribution in [0.5, 0.6) is 5.75 Å². The standard InChI is InChI=1S/C15H9Cl3F3N3O4/c16-9-11(22)10(17)13(18)24-12(9)14(26)27-5-8(25)23-6-1-3-7(4-2-6)28-15(19,20)21/h1-4H,5H2,(H2,22,24)(H,23,25). The van der Waals surface area contributed by atoms with E-state index in [4.69, 9.17) is 45.3 Å². The molecular formula is C15H9Cl3F3N3O4. The second-order valence-corrected chi connectivity index (χ2v) is 6.10. The normalized spacial score (nSPS) is 11.1. The number of anilines is 2. The van der Waals surface area contributed by atoms with Crippen LogP contribution in [0.1, 0.15) is 10.5 Å². The molecule has 1 aromatic carbocycles. The van der Waals surface area contributed by atoms with E-state index in [0.717, 1.165) is 12.1 Å². The average Bonchev–Trinajstić information content (AvgIpc) is 2.61. The number of esters is 1. The van der Waals surface area contributed by atoms with Crippen LogP contribution in [0.3, 0.4) is 0 Å². The Hall–Kier alpha value is -2.43. The van der Waals surface area contributed by atoms with Gasteiger partial charge in [-0.2, -0.15) is 0 Å². The summed E-state index contributed by atoms with van der Waals surface area (Å²) in [5, 5.41) is 1.60. The average molecular weight is 459 g/mol. The van der Waals surface area contributed by atoms with Gasteiger partial charge in [0.05, 0.1) is 10.7 Å². The van der Waals surface area contributed by atoms with Crippen LogP contribution in [-0.2, 0) is 9.53 Å². The van der Waals surface area contributed by atoms with E-state index in [1.54, 1.807) is 0 Å². The Balaban J connectivity index is 1.95. The Morgan fingerprint density at radius 2 is 1.71 bits per heavy atom. The Kier molecular flexibility index (Phi) is 6.81. The van der Waals surface area contributed by atoms with E-state index in [-0.39, 0.29) is 26.6 Å². The molecule has 7 nitrogen and oxygen atoms in total. The van der Waals surface area contributed by atoms with Crippen LogP contribution in [0, 0.1) is 0 Å². The highest BCUT2D eigenvalue weighted by molar-refractivity contribution is 6.46. The monoisotopic (exact) mass is 457 g/mol. The molecule has 13 heteroatoms. The number of nitrogens with one attached hydrogen (secondary N) is 1. The van der Waals surface area contributed by atoms with Gasteiger partial charge in [0.25, 0.3) is 5.91 Å². The van der Waals surface area contributed by atoms with Crippen molar-refractivity contribution in [3.05, 3.63) is 45.2 Å². The molecule has 28 heavy (non-hydrogen) atoms. The summed E-state index contributed by atoms with van der Waals surface area (Å²) >= 11 is 17.3. The lowest BCUT2D eigenvalue weighted by Gasteiger charge is -2.11. The van der Waals surface area contributed by atoms with Crippen molar-refractivity contribution in [2.24, 2.45) is 0 Å². The van der Waals surface area contributed by atoms with Gasteiger partial charge in [-0.3, -0.25) is 4.79 Å². The van der Waals surface area contributed by atoms with Crippen LogP contribution in [-0.4, -0.2) is 29.8 Å². The lowest BCUT2D eigenvalue weighted by atomic mass is 10.3. The van der Waals surface area contributed by atoms with Crippen LogP contribution in [0.15, 0.2) is 24.3 Å². The van der Waals surface area contributed by atoms with E-state index < -0.39 is 36.3 Å². The molecule has 0 atom stereocenters. The molecule has 1 heterocycles. The van der Waals surface area contributed by atoms with Gasteiger partial charge in [-0.1, -0.05) is 34.8 Å². The van der Waals surface area contributed by atoms with Crippen LogP contribution in [0.4, 0.5) is 24.5 Å². The van der Waals surface area contributed by atoms with E-state index >= 15 is 0 Å². The van der Waals surface area contributed by atoms with Gasteiger partial charge in [0.1, 0.15) is 10.8 Å². The summed E-state index contributed by atoms with van der Waals surface area (Å²) in [7, 11) is 0. The predicted octanol–water partition coefficient (Wildman–Crippen LogP) is 4.32. The molecule has 0 saturated carbocycles. The number of aromatic nitrogens is 1. The zero-order valence-electron chi connectivity index (χ0n) is 13.4. The summed E-state index contributed by atoms with van der Waals surface area (Å²) in [6.07, 6.45) is -4.83. The first kappa shape index (κ1) is 21.9. The fourth-order valence-corrected chi connectivity index (χ4v) is 2.39. The van der Waals surface area contributed by atoms with Gasteiger partial charge in [-0.05, 0) is 24.3 Å². The first-order chi connectivity index (χ1) is 13.0. The van der Waals surface area contributed by atoms with Gasteiger partial charge in [0.2, 0.25) is 0 Å². The van der Waals surface area contributed by atoms with Gasteiger partial charge in [-0.25, -0.2) is 9.78 Å². The molecule has 1 aromatic heterocycles. The molecule has 0 aliphatic rings. The quantitative estimate of drug-likeness (QED) is 0.511. The largest absolute Gasteiger partial charge is 0.573 e. The third kappa shape index (κ3) is 5.78. The summed E-state index contributed by atoms with van der Waals surface area (Å²) < 4.78 is 44.7. The minimum atomic E-state index is -4.83. The second kappa shape index (κ2) is 8.72. The minimum Gasteiger partial charge on any atom is -0.451 e. The summed E-state index contributed by atoms with van der Waals surface area (Å²) in [6.45, 7) is -0.738. The number of nitrogens with zero attached hydrogens (tertiary/aromatic N) is 1. The maximum atomic E-state index is 12.1. The van der Waals surface area contributed by atoms with Gasteiger partial charge in [0.15, 0.2) is 17.5 Å². The van der Waals surface area contributed by atoms with E-state index in [2.05, 4.69) is 15.0 Å². The third-order valence-electron chi connectivity index (χ3n) is 2.97. The number of hydrogen-bond acceptors (Lipinski definition) is 6. The van der Waals surface area contributed by atoms with Crippen molar-refractivity contribution in [2.75, 3.05) is 17.7 Å². The molecule has 0 radical (unpaired) electrons. The van der Waals surface area contributed by atoms with Crippen molar-refractivity contribution in [2.45, 2.75) is 6.36 Å². The van der Waals surface area contributed by atoms with E-state index in [0.29, 0.717) is 0 Å². The Labute approximate surface area is 170 Å². The number of nitrogen functional groups attached to an aromatic ring is 1. The molecule has 0 aliphatic carbocycles. The first-order valence-corrected chi connectivity index (χ1v) is 8.24. The van der Waals surface area contributed by atoms with Crippen molar-refractivity contribution in [1.29, 1.82) is 0 Å². The number of halogens is 6. The number of ether oxygens (including phenoxy) is 2. The molecule has 0 saturated heterocycles. The highest BCUT2D eigenvalue weighted by Crippen LogP contribution is 2.34. The maximum Gasteiger partial charge on any atom is 0.573 e. The van der Waals surface area contributed by atoms with E-state index in [1.807, 2.05) is 0 Å². The number of amides is 1. The van der Waals surface area contributed by atoms with Gasteiger partial charge >= 0.3 is 12.3 Å². The SMILES string of the molecule is Nc1c(Cl)c(Cl)nc(C(=O)OCC(=O)Nc2ccc(OC(F)(F)F)cc2)c1Cl. The van der Waals surface area contributed by atoms with Crippen molar-refractivity contribution < 1.29 is 32.2 Å². The van der Waals surface area contributed by atoms with Crippen molar-refractivity contribution >= 4 is 58.1 Å². The van der Waals surface area contributed by atoms with Gasteiger partial charge < -0.3 is 20.5 Å². The number of alkyl halides is 3. The number of pyridine rings is 1. The van der Waals surface area contributed by atoms with Crippen molar-refractivity contribution in [3.63, 3.8) is 0 Å². The Morgan fingerprint density at radius 3 is 2.29 bits per heavy atom. The fourth-order valence-electron chi connectivity index (χ4n) is 1.80. The molecule has 0 fully saturated rings. The van der Waals surface area contributed by atoms with Crippen LogP contribution < -0.4 is 15.8 Å². The summed E-state index contributed by atoms with van der Waals surface area (Å²) in [4.78, 5) is 27.4. The van der Waals surface area contributed by atoms with Gasteiger partial charge in [0, 0.05) is 5.69 Å². The molecule has 0 aliphatic heterocycles. The number of carbonyl (C=O) groups is 2. The number of carbonyl (C=O) groups excluding carboxylic acids is 2. The molecule has 2 aromatic rings. The molecule has 2 rings (SSSR count). The predicted molar refractivity (Wildman–Crippen MR) is 95.7 cm³/mol. The molecule has 150 valence electrons. The highest BCUT2D eigenvalue weighted by atomic mass is 35.5. The smallest absolute Gasteiger partial charge is 0.451 e. The molecule has 0 unspecified atom stereocenters. The Bertz CT molecular complexity index is 908. The van der Waals surface area contributed by atoms with Gasteiger partial charge in [-0.15, -0.1) is 13.2 Å². The number of nitrogens with two attached hydrogens (primary N) is 1. The zero-order valence-corrected chi connectivity index (χ0v) is 15.7.